The Labute approximate surface area is 343 Å². The second-order valence-corrected chi connectivity index (χ2v) is 15.8. The lowest BCUT2D eigenvalue weighted by Gasteiger charge is -2.36. The van der Waals surface area contributed by atoms with Crippen LogP contribution in [0.4, 0.5) is 4.79 Å². The highest BCUT2D eigenvalue weighted by Crippen LogP contribution is 2.44. The van der Waals surface area contributed by atoms with E-state index in [0.717, 1.165) is 39.8 Å². The molecule has 0 fully saturated rings. The van der Waals surface area contributed by atoms with Crippen molar-refractivity contribution in [1.82, 2.24) is 20.9 Å². The molecule has 1 aliphatic carbocycles. The van der Waals surface area contributed by atoms with Crippen molar-refractivity contribution in [2.45, 2.75) is 102 Å². The van der Waals surface area contributed by atoms with Crippen LogP contribution < -0.4 is 16.0 Å². The van der Waals surface area contributed by atoms with E-state index in [-0.39, 0.29) is 50.9 Å². The van der Waals surface area contributed by atoms with Gasteiger partial charge in [-0.3, -0.25) is 15.5 Å². The predicted octanol–water partition coefficient (Wildman–Crippen LogP) is 5.61. The summed E-state index contributed by atoms with van der Waals surface area (Å²) < 4.78 is 17.2. The largest absolute Gasteiger partial charge is 0.442 e. The second-order valence-electron chi connectivity index (χ2n) is 15.8. The van der Waals surface area contributed by atoms with Crippen LogP contribution in [-0.2, 0) is 20.8 Å². The third kappa shape index (κ3) is 13.7. The number of nitrogens with one attached hydrogen (secondary N) is 3. The van der Waals surface area contributed by atoms with E-state index >= 15 is 0 Å². The number of fused-ring (bicyclic) bond motifs is 3. The van der Waals surface area contributed by atoms with Gasteiger partial charge in [-0.15, -0.1) is 0 Å². The molecule has 0 aromatic heterocycles. The van der Waals surface area contributed by atoms with Gasteiger partial charge in [0.1, 0.15) is 12.3 Å². The van der Waals surface area contributed by atoms with Crippen LogP contribution in [0.2, 0.25) is 0 Å². The summed E-state index contributed by atoms with van der Waals surface area (Å²) in [4.78, 5) is 15.5. The van der Waals surface area contributed by atoms with Crippen LogP contribution >= 0.6 is 0 Å². The first-order valence-corrected chi connectivity index (χ1v) is 20.4. The van der Waals surface area contributed by atoms with Gasteiger partial charge in [0.15, 0.2) is 0 Å². The predicted molar refractivity (Wildman–Crippen MR) is 224 cm³/mol. The number of rotatable bonds is 23. The van der Waals surface area contributed by atoms with Crippen molar-refractivity contribution in [1.29, 1.82) is 0 Å². The molecular formula is C46H62N4O8. The summed E-state index contributed by atoms with van der Waals surface area (Å²) in [6.07, 6.45) is -5.30. The lowest BCUT2D eigenvalue weighted by Crippen LogP contribution is -2.50. The molecule has 314 valence electrons. The number of alkyl carbamates (subject to hydrolysis) is 1. The Hall–Kier alpha value is -4.21. The number of hydrogen-bond donors (Lipinski definition) is 7. The zero-order chi connectivity index (χ0) is 41.5. The average Bonchev–Trinajstić information content (AvgIpc) is 3.54. The number of ether oxygens (including phenoxy) is 3. The van der Waals surface area contributed by atoms with Gasteiger partial charge in [0.05, 0.1) is 18.3 Å². The Morgan fingerprint density at radius 1 is 0.776 bits per heavy atom. The minimum absolute atomic E-state index is 0.0245. The van der Waals surface area contributed by atoms with Crippen LogP contribution in [-0.4, -0.2) is 101 Å². The van der Waals surface area contributed by atoms with E-state index in [1.807, 2.05) is 98.5 Å². The topological polar surface area (TPSA) is 165 Å². The summed E-state index contributed by atoms with van der Waals surface area (Å²) in [5.74, 6) is -0.0452. The molecule has 6 atom stereocenters. The molecule has 1 amide bonds. The third-order valence-electron chi connectivity index (χ3n) is 10.3. The number of carbonyl (C=O) groups excluding carboxylic acids is 1. The van der Waals surface area contributed by atoms with Crippen molar-refractivity contribution in [2.75, 3.05) is 32.7 Å². The molecule has 12 heteroatoms. The van der Waals surface area contributed by atoms with Crippen molar-refractivity contribution >= 4 is 6.09 Å². The number of amides is 1. The molecule has 0 unspecified atom stereocenters. The molecule has 7 N–H and O–H groups in total. The first kappa shape index (κ1) is 44.9. The van der Waals surface area contributed by atoms with Crippen molar-refractivity contribution < 1.29 is 39.4 Å². The van der Waals surface area contributed by atoms with E-state index in [1.165, 1.54) is 0 Å². The van der Waals surface area contributed by atoms with Crippen LogP contribution in [0.1, 0.15) is 81.0 Å². The zero-order valence-corrected chi connectivity index (χ0v) is 34.2. The maximum atomic E-state index is 13.7. The van der Waals surface area contributed by atoms with Gasteiger partial charge in [0.25, 0.3) is 0 Å². The molecule has 12 nitrogen and oxygen atoms in total. The van der Waals surface area contributed by atoms with Gasteiger partial charge < -0.3 is 40.0 Å². The Bertz CT molecular complexity index is 1760. The molecule has 5 rings (SSSR count). The summed E-state index contributed by atoms with van der Waals surface area (Å²) in [7, 11) is 0. The third-order valence-corrected chi connectivity index (χ3v) is 10.3. The van der Waals surface area contributed by atoms with Gasteiger partial charge in [-0.05, 0) is 72.9 Å². The van der Waals surface area contributed by atoms with Crippen LogP contribution in [0.25, 0.3) is 11.1 Å². The first-order chi connectivity index (χ1) is 27.9. The first-order valence-electron chi connectivity index (χ1n) is 20.4. The van der Waals surface area contributed by atoms with E-state index in [0.29, 0.717) is 13.1 Å². The molecule has 58 heavy (non-hydrogen) atoms. The molecule has 4 aromatic rings. The Kier molecular flexibility index (Phi) is 17.2. The van der Waals surface area contributed by atoms with Crippen LogP contribution in [0.5, 0.6) is 0 Å². The van der Waals surface area contributed by atoms with Gasteiger partial charge >= 0.3 is 6.09 Å². The number of carbonyl (C=O) groups is 1. The highest BCUT2D eigenvalue weighted by Gasteiger charge is 2.33. The van der Waals surface area contributed by atoms with Crippen molar-refractivity contribution in [3.8, 4) is 11.1 Å². The molecule has 0 bridgehead atoms. The van der Waals surface area contributed by atoms with Gasteiger partial charge in [-0.2, -0.15) is 0 Å². The van der Waals surface area contributed by atoms with E-state index in [4.69, 9.17) is 14.2 Å². The smallest absolute Gasteiger partial charge is 0.407 e. The number of aliphatic hydroxyl groups is 4. The highest BCUT2D eigenvalue weighted by molar-refractivity contribution is 5.79. The zero-order valence-electron chi connectivity index (χ0n) is 34.2. The highest BCUT2D eigenvalue weighted by atomic mass is 16.6. The van der Waals surface area contributed by atoms with E-state index in [1.54, 1.807) is 0 Å². The fourth-order valence-corrected chi connectivity index (χ4v) is 7.35. The van der Waals surface area contributed by atoms with Gasteiger partial charge in [-0.1, -0.05) is 116 Å². The summed E-state index contributed by atoms with van der Waals surface area (Å²) >= 11 is 0. The summed E-state index contributed by atoms with van der Waals surface area (Å²) in [6.45, 7) is 8.92. The average molecular weight is 799 g/mol. The molecule has 0 heterocycles. The fraction of sp³-hybridized carbons (Fsp3) is 0.457. The quantitative estimate of drug-likeness (QED) is 0.0467. The minimum atomic E-state index is -1.29. The van der Waals surface area contributed by atoms with E-state index < -0.39 is 43.0 Å². The lowest BCUT2D eigenvalue weighted by molar-refractivity contribution is -0.182. The van der Waals surface area contributed by atoms with Crippen molar-refractivity contribution in [3.63, 3.8) is 0 Å². The Morgan fingerprint density at radius 3 is 2.00 bits per heavy atom. The van der Waals surface area contributed by atoms with Crippen molar-refractivity contribution in [3.05, 3.63) is 131 Å². The molecular weight excluding hydrogens is 737 g/mol. The minimum Gasteiger partial charge on any atom is -0.442 e. The summed E-state index contributed by atoms with van der Waals surface area (Å²) in [5.41, 5.74) is 5.92. The van der Waals surface area contributed by atoms with Crippen LogP contribution in [0.3, 0.4) is 0 Å². The molecule has 4 aromatic carbocycles. The maximum absolute atomic E-state index is 13.7. The second kappa shape index (κ2) is 22.2. The van der Waals surface area contributed by atoms with Crippen molar-refractivity contribution in [2.24, 2.45) is 0 Å². The fourth-order valence-electron chi connectivity index (χ4n) is 7.35. The summed E-state index contributed by atoms with van der Waals surface area (Å²) in [5, 5.41) is 52.8. The summed E-state index contributed by atoms with van der Waals surface area (Å²) in [6, 6.07) is 35.8. The number of nitrogens with zero attached hydrogens (tertiary/aromatic N) is 1. The number of benzene rings is 4. The van der Waals surface area contributed by atoms with Crippen LogP contribution in [0.15, 0.2) is 109 Å². The van der Waals surface area contributed by atoms with Gasteiger partial charge in [0, 0.05) is 45.1 Å². The Balaban J connectivity index is 1.28. The molecule has 1 aliphatic rings. The Morgan fingerprint density at radius 2 is 1.38 bits per heavy atom. The van der Waals surface area contributed by atoms with E-state index in [9.17, 15) is 25.2 Å². The monoisotopic (exact) mass is 798 g/mol. The van der Waals surface area contributed by atoms with Crippen LogP contribution in [0, 0.1) is 0 Å². The SMILES string of the molecule is CC[C@H](CN(CC[C@H](O)CN[C@@H](O)OCc1ccccc1)[C@@H](O)[C@H](CCN[C@@H](O)OC(C)(C)C)OC(=O)NCC1c2ccccc2-c2ccccc21)c1ccccc1. The molecule has 0 spiro atoms. The van der Waals surface area contributed by atoms with Gasteiger partial charge in [0.2, 0.25) is 12.8 Å². The number of aliphatic hydroxyl groups excluding tert-OH is 4. The van der Waals surface area contributed by atoms with Gasteiger partial charge in [-0.25, -0.2) is 4.79 Å². The maximum Gasteiger partial charge on any atom is 0.407 e. The molecule has 0 saturated carbocycles. The molecule has 0 aliphatic heterocycles. The molecule has 0 saturated heterocycles. The lowest BCUT2D eigenvalue weighted by atomic mass is 9.95. The number of hydrogen-bond acceptors (Lipinski definition) is 11. The standard InChI is InChI=1S/C46H62N4O8/c1-5-33(34-18-10-7-11-19-34)30-50(27-25-35(51)28-48-43(53)56-31-32-16-8-6-9-17-32)42(52)41(24-26-47-45(55)58-46(2,3)4)57-44(54)49-29-40-38-22-14-12-20-36(38)37-21-13-15-23-39(37)40/h6-23,33,35,40-43,45,47-48,51-53,55H,5,24-31H2,1-4H3,(H,49,54)/t33-,35+,41+,42+,43+,45+/m1/s1. The normalized spacial score (nSPS) is 15.9. The van der Waals surface area contributed by atoms with E-state index in [2.05, 4.69) is 59.3 Å². The molecule has 0 radical (unpaired) electrons.